The lowest BCUT2D eigenvalue weighted by molar-refractivity contribution is -0.142. The molecule has 0 aromatic heterocycles. The Bertz CT molecular complexity index is 1180. The summed E-state index contributed by atoms with van der Waals surface area (Å²) in [6, 6.07) is 20.4. The molecule has 0 saturated heterocycles. The van der Waals surface area contributed by atoms with E-state index < -0.39 is 6.04 Å². The molecule has 0 aliphatic heterocycles. The summed E-state index contributed by atoms with van der Waals surface area (Å²) in [6.07, 6.45) is 1.20. The van der Waals surface area contributed by atoms with E-state index >= 15 is 0 Å². The van der Waals surface area contributed by atoms with Crippen molar-refractivity contribution < 1.29 is 14.3 Å². The summed E-state index contributed by atoms with van der Waals surface area (Å²) >= 11 is 6.23. The average Bonchev–Trinajstić information content (AvgIpc) is 2.86. The van der Waals surface area contributed by atoms with Gasteiger partial charge < -0.3 is 15.0 Å². The van der Waals surface area contributed by atoms with Gasteiger partial charge in [0.05, 0.1) is 0 Å². The molecule has 36 heavy (non-hydrogen) atoms. The van der Waals surface area contributed by atoms with Crippen molar-refractivity contribution in [1.29, 1.82) is 0 Å². The Balaban J connectivity index is 1.92. The van der Waals surface area contributed by atoms with Crippen molar-refractivity contribution >= 4 is 23.4 Å². The minimum Gasteiger partial charge on any atom is -0.483 e. The molecule has 1 atom stereocenters. The van der Waals surface area contributed by atoms with Crippen LogP contribution in [0.1, 0.15) is 41.2 Å². The monoisotopic (exact) mass is 506 g/mol. The van der Waals surface area contributed by atoms with Gasteiger partial charge in [0.2, 0.25) is 5.91 Å². The van der Waals surface area contributed by atoms with Gasteiger partial charge in [0.1, 0.15) is 11.8 Å². The SMILES string of the molecule is CCCNC(=O)[C@@H](Cc1ccccc1)N(Cc1cccc(Cl)c1)C(=O)COc1cc(C)cc(C)c1C. The molecule has 0 unspecified atom stereocenters. The van der Waals surface area contributed by atoms with Crippen LogP contribution in [0.5, 0.6) is 5.75 Å². The summed E-state index contributed by atoms with van der Waals surface area (Å²) in [5.74, 6) is 0.235. The summed E-state index contributed by atoms with van der Waals surface area (Å²) in [5.41, 5.74) is 4.99. The maximum Gasteiger partial charge on any atom is 0.261 e. The van der Waals surface area contributed by atoms with Gasteiger partial charge in [-0.15, -0.1) is 0 Å². The highest BCUT2D eigenvalue weighted by Crippen LogP contribution is 2.24. The van der Waals surface area contributed by atoms with Gasteiger partial charge in [0, 0.05) is 24.5 Å². The first kappa shape index (κ1) is 27.3. The fourth-order valence-electron chi connectivity index (χ4n) is 4.13. The zero-order chi connectivity index (χ0) is 26.1. The fraction of sp³-hybridized carbons (Fsp3) is 0.333. The quantitative estimate of drug-likeness (QED) is 0.357. The first-order valence-corrected chi connectivity index (χ1v) is 12.7. The van der Waals surface area contributed by atoms with Crippen molar-refractivity contribution in [2.45, 2.75) is 53.1 Å². The predicted molar refractivity (Wildman–Crippen MR) is 145 cm³/mol. The van der Waals surface area contributed by atoms with E-state index in [0.717, 1.165) is 34.2 Å². The highest BCUT2D eigenvalue weighted by atomic mass is 35.5. The van der Waals surface area contributed by atoms with E-state index in [1.54, 1.807) is 11.0 Å². The molecule has 0 spiro atoms. The topological polar surface area (TPSA) is 58.6 Å². The lowest BCUT2D eigenvalue weighted by Crippen LogP contribution is -2.51. The molecule has 6 heteroatoms. The van der Waals surface area contributed by atoms with Gasteiger partial charge in [-0.2, -0.15) is 0 Å². The maximum absolute atomic E-state index is 13.7. The van der Waals surface area contributed by atoms with Crippen molar-refractivity contribution in [3.8, 4) is 5.75 Å². The summed E-state index contributed by atoms with van der Waals surface area (Å²) in [5, 5.41) is 3.56. The predicted octanol–water partition coefficient (Wildman–Crippen LogP) is 5.81. The lowest BCUT2D eigenvalue weighted by atomic mass is 10.0. The molecule has 0 bridgehead atoms. The molecule has 3 aromatic carbocycles. The van der Waals surface area contributed by atoms with Crippen LogP contribution < -0.4 is 10.1 Å². The molecule has 0 fully saturated rings. The summed E-state index contributed by atoms with van der Waals surface area (Å²) in [7, 11) is 0. The molecule has 0 heterocycles. The van der Waals surface area contributed by atoms with Crippen LogP contribution in [0.3, 0.4) is 0 Å². The third-order valence-electron chi connectivity index (χ3n) is 6.18. The lowest BCUT2D eigenvalue weighted by Gasteiger charge is -2.31. The Morgan fingerprint density at radius 1 is 0.972 bits per heavy atom. The summed E-state index contributed by atoms with van der Waals surface area (Å²) in [6.45, 7) is 8.62. The minimum atomic E-state index is -0.700. The van der Waals surface area contributed by atoms with Gasteiger partial charge in [-0.1, -0.05) is 67.1 Å². The molecule has 1 N–H and O–H groups in total. The van der Waals surface area contributed by atoms with E-state index in [9.17, 15) is 9.59 Å². The number of halogens is 1. The van der Waals surface area contributed by atoms with E-state index in [0.29, 0.717) is 23.7 Å². The summed E-state index contributed by atoms with van der Waals surface area (Å²) < 4.78 is 6.01. The number of rotatable bonds is 11. The number of ether oxygens (including phenoxy) is 1. The van der Waals surface area contributed by atoms with Crippen LogP contribution in [0, 0.1) is 20.8 Å². The van der Waals surface area contributed by atoms with E-state index in [1.165, 1.54) is 0 Å². The van der Waals surface area contributed by atoms with Crippen LogP contribution in [0.25, 0.3) is 0 Å². The number of benzene rings is 3. The molecule has 190 valence electrons. The van der Waals surface area contributed by atoms with Gasteiger partial charge >= 0.3 is 0 Å². The molecular formula is C30H35ClN2O3. The molecule has 0 radical (unpaired) electrons. The maximum atomic E-state index is 13.7. The van der Waals surface area contributed by atoms with E-state index in [2.05, 4.69) is 11.4 Å². The zero-order valence-corrected chi connectivity index (χ0v) is 22.3. The Morgan fingerprint density at radius 3 is 2.39 bits per heavy atom. The van der Waals surface area contributed by atoms with Crippen LogP contribution in [0.15, 0.2) is 66.7 Å². The fourth-order valence-corrected chi connectivity index (χ4v) is 4.34. The average molecular weight is 507 g/mol. The van der Waals surface area contributed by atoms with Crippen LogP contribution in [0.4, 0.5) is 0 Å². The van der Waals surface area contributed by atoms with Crippen molar-refractivity contribution in [1.82, 2.24) is 10.2 Å². The second-order valence-electron chi connectivity index (χ2n) is 9.14. The van der Waals surface area contributed by atoms with Gasteiger partial charge in [0.25, 0.3) is 5.91 Å². The number of aryl methyl sites for hydroxylation is 2. The molecule has 2 amide bonds. The molecular weight excluding hydrogens is 472 g/mol. The Hall–Kier alpha value is -3.31. The minimum absolute atomic E-state index is 0.170. The number of hydrogen-bond acceptors (Lipinski definition) is 3. The van der Waals surface area contributed by atoms with Gasteiger partial charge in [-0.25, -0.2) is 0 Å². The van der Waals surface area contributed by atoms with Crippen LogP contribution in [0.2, 0.25) is 5.02 Å². The number of nitrogens with one attached hydrogen (secondary N) is 1. The van der Waals surface area contributed by atoms with Crippen molar-refractivity contribution in [2.75, 3.05) is 13.2 Å². The number of carbonyl (C=O) groups is 2. The Kier molecular flexibility index (Phi) is 9.95. The number of carbonyl (C=O) groups excluding carboxylic acids is 2. The molecule has 3 rings (SSSR count). The normalized spacial score (nSPS) is 11.6. The first-order valence-electron chi connectivity index (χ1n) is 12.3. The van der Waals surface area contributed by atoms with Gasteiger partial charge in [-0.3, -0.25) is 9.59 Å². The number of hydrogen-bond donors (Lipinski definition) is 1. The largest absolute Gasteiger partial charge is 0.483 e. The van der Waals surface area contributed by atoms with Crippen molar-refractivity contribution in [2.24, 2.45) is 0 Å². The van der Waals surface area contributed by atoms with Crippen LogP contribution >= 0.6 is 11.6 Å². The second kappa shape index (κ2) is 13.1. The third-order valence-corrected chi connectivity index (χ3v) is 6.41. The van der Waals surface area contributed by atoms with Gasteiger partial charge in [-0.05, 0) is 73.2 Å². The second-order valence-corrected chi connectivity index (χ2v) is 9.58. The molecule has 5 nitrogen and oxygen atoms in total. The van der Waals surface area contributed by atoms with Crippen LogP contribution in [-0.2, 0) is 22.6 Å². The van der Waals surface area contributed by atoms with Crippen molar-refractivity contribution in [3.05, 3.63) is 99.6 Å². The molecule has 0 aliphatic rings. The summed E-state index contributed by atoms with van der Waals surface area (Å²) in [4.78, 5) is 28.7. The molecule has 0 saturated carbocycles. The Labute approximate surface area is 219 Å². The van der Waals surface area contributed by atoms with E-state index in [4.69, 9.17) is 16.3 Å². The highest BCUT2D eigenvalue weighted by molar-refractivity contribution is 6.30. The van der Waals surface area contributed by atoms with Crippen molar-refractivity contribution in [3.63, 3.8) is 0 Å². The van der Waals surface area contributed by atoms with E-state index in [-0.39, 0.29) is 25.0 Å². The molecule has 0 aliphatic carbocycles. The van der Waals surface area contributed by atoms with E-state index in [1.807, 2.05) is 82.3 Å². The van der Waals surface area contributed by atoms with Crippen LogP contribution in [-0.4, -0.2) is 35.9 Å². The highest BCUT2D eigenvalue weighted by Gasteiger charge is 2.30. The van der Waals surface area contributed by atoms with Gasteiger partial charge in [0.15, 0.2) is 6.61 Å². The number of amides is 2. The first-order chi connectivity index (χ1) is 17.3. The zero-order valence-electron chi connectivity index (χ0n) is 21.5. The molecule has 3 aromatic rings. The standard InChI is InChI=1S/C30H35ClN2O3/c1-5-14-32-30(35)27(18-24-10-7-6-8-11-24)33(19-25-12-9-13-26(31)17-25)29(34)20-36-28-16-21(2)15-22(3)23(28)4/h6-13,15-17,27H,5,14,18-20H2,1-4H3,(H,32,35)/t27-/m1/s1. The third kappa shape index (κ3) is 7.59. The smallest absolute Gasteiger partial charge is 0.261 e. The number of nitrogens with zero attached hydrogens (tertiary/aromatic N) is 1. The Morgan fingerprint density at radius 2 is 1.69 bits per heavy atom.